The van der Waals surface area contributed by atoms with Gasteiger partial charge in [0.25, 0.3) is 10.0 Å². The molecule has 0 fully saturated rings. The Morgan fingerprint density at radius 1 is 0.697 bits per heavy atom. The zero-order chi connectivity index (χ0) is 27.1. The van der Waals surface area contributed by atoms with Crippen LogP contribution in [0.1, 0.15) is 20.3 Å². The van der Waals surface area contributed by atoms with Gasteiger partial charge in [0.1, 0.15) is 0 Å². The van der Waals surface area contributed by atoms with Crippen LogP contribution in [0.3, 0.4) is 0 Å². The average molecular weight is 541 g/mol. The fourth-order valence-corrected chi connectivity index (χ4v) is 3.85. The minimum Gasteiger partial charge on any atom is -0.329 e. The molecule has 33 heavy (non-hydrogen) atoms. The van der Waals surface area contributed by atoms with Crippen LogP contribution >= 0.6 is 0 Å². The van der Waals surface area contributed by atoms with Crippen LogP contribution in [0.15, 0.2) is 0 Å². The molecular weight excluding hydrogens is 519 g/mol. The number of rotatable bonds is 12. The molecule has 0 aromatic carbocycles. The van der Waals surface area contributed by atoms with Gasteiger partial charge in [0.15, 0.2) is 0 Å². The minimum atomic E-state index is -8.16. The van der Waals surface area contributed by atoms with Crippen molar-refractivity contribution < 1.29 is 70.0 Å². The van der Waals surface area contributed by atoms with Crippen LogP contribution in [0.25, 0.3) is 0 Å². The Hall–Kier alpha value is -1.04. The second-order valence-electron chi connectivity index (χ2n) is 7.64. The summed E-state index contributed by atoms with van der Waals surface area (Å²) < 4.78 is 195. The monoisotopic (exact) mass is 541 g/mol. The largest absolute Gasteiger partial charge is 0.460 e. The van der Waals surface area contributed by atoms with Crippen molar-refractivity contribution in [2.45, 2.75) is 55.4 Å². The molecule has 0 aliphatic heterocycles. The van der Waals surface area contributed by atoms with Gasteiger partial charge in [-0.2, -0.15) is 61.4 Å². The molecule has 0 amide bonds. The lowest BCUT2D eigenvalue weighted by Gasteiger charge is -2.40. The smallest absolute Gasteiger partial charge is 0.329 e. The van der Waals surface area contributed by atoms with Crippen LogP contribution in [0.4, 0.5) is 57.1 Å². The fraction of sp³-hybridized carbons (Fsp3) is 1.00. The molecule has 0 unspecified atom stereocenters. The number of sulfonamides is 1. The second-order valence-corrected chi connectivity index (χ2v) is 9.62. The number of hydrogen-bond donors (Lipinski definition) is 0. The summed E-state index contributed by atoms with van der Waals surface area (Å²) in [7, 11) is -3.77. The van der Waals surface area contributed by atoms with E-state index in [0.717, 1.165) is 6.92 Å². The molecule has 4 nitrogen and oxygen atoms in total. The van der Waals surface area contributed by atoms with Crippen LogP contribution in [0.2, 0.25) is 0 Å². The quantitative estimate of drug-likeness (QED) is 0.263. The SMILES string of the molecule is CCN(CCC[N+](C)(C)CC)S(=O)(=O)C(F)(F)C(F)(F)C(F)(F)C(F)(F)C(F)(F)C(F)(F)F. The molecule has 0 rings (SSSR count). The first kappa shape index (κ1) is 32.0. The van der Waals surface area contributed by atoms with E-state index in [-0.39, 0.29) is 17.4 Å². The van der Waals surface area contributed by atoms with Gasteiger partial charge in [-0.25, -0.2) is 8.42 Å². The highest BCUT2D eigenvalue weighted by molar-refractivity contribution is 7.90. The topological polar surface area (TPSA) is 37.4 Å². The Morgan fingerprint density at radius 3 is 1.42 bits per heavy atom. The maximum Gasteiger partial charge on any atom is 0.460 e. The molecule has 0 aromatic rings. The number of alkyl halides is 13. The van der Waals surface area contributed by atoms with E-state index in [1.54, 1.807) is 21.0 Å². The molecule has 0 saturated carbocycles. The minimum absolute atomic E-state index is 0.0521. The molecule has 0 heterocycles. The third-order valence-corrected chi connectivity index (χ3v) is 6.97. The van der Waals surface area contributed by atoms with Gasteiger partial charge in [-0.05, 0) is 6.92 Å². The van der Waals surface area contributed by atoms with Gasteiger partial charge < -0.3 is 4.48 Å². The number of hydrogen-bond acceptors (Lipinski definition) is 2. The van der Waals surface area contributed by atoms with Crippen molar-refractivity contribution in [2.24, 2.45) is 0 Å². The van der Waals surface area contributed by atoms with E-state index >= 15 is 0 Å². The molecule has 0 aliphatic carbocycles. The van der Waals surface area contributed by atoms with Crippen molar-refractivity contribution in [3.05, 3.63) is 0 Å². The lowest BCUT2D eigenvalue weighted by atomic mass is 9.98. The Kier molecular flexibility index (Phi) is 8.91. The van der Waals surface area contributed by atoms with Crippen molar-refractivity contribution in [2.75, 3.05) is 40.3 Å². The second kappa shape index (κ2) is 9.20. The molecule has 0 bridgehead atoms. The Labute approximate surface area is 180 Å². The van der Waals surface area contributed by atoms with Gasteiger partial charge in [0.2, 0.25) is 0 Å². The standard InChI is InChI=1S/C15H22F13N2O2S/c1-5-29(8-7-9-30(3,4)6-2)33(31,32)15(27,28)13(22,23)11(18,19)10(16,17)12(20,21)14(24,25)26/h5-9H2,1-4H3/q+1. The lowest BCUT2D eigenvalue weighted by Crippen LogP contribution is -2.71. The zero-order valence-electron chi connectivity index (χ0n) is 17.6. The normalized spacial score (nSPS) is 15.9. The van der Waals surface area contributed by atoms with E-state index in [1.165, 1.54) is 0 Å². The van der Waals surface area contributed by atoms with E-state index in [1.807, 2.05) is 0 Å². The first-order valence-corrected chi connectivity index (χ1v) is 10.4. The summed E-state index contributed by atoms with van der Waals surface area (Å²) in [5.74, 6) is -32.1. The molecule has 0 spiro atoms. The highest BCUT2D eigenvalue weighted by Crippen LogP contribution is 2.61. The third kappa shape index (κ3) is 5.16. The van der Waals surface area contributed by atoms with Crippen LogP contribution in [-0.4, -0.2) is 92.6 Å². The third-order valence-electron chi connectivity index (χ3n) is 4.95. The molecule has 200 valence electrons. The fourth-order valence-electron chi connectivity index (χ4n) is 2.36. The van der Waals surface area contributed by atoms with Gasteiger partial charge >= 0.3 is 35.1 Å². The first-order valence-electron chi connectivity index (χ1n) is 9.00. The van der Waals surface area contributed by atoms with E-state index in [4.69, 9.17) is 0 Å². The summed E-state index contributed by atoms with van der Waals surface area (Å²) in [6.45, 7) is 0.887. The van der Waals surface area contributed by atoms with E-state index in [0.29, 0.717) is 6.54 Å². The summed E-state index contributed by atoms with van der Waals surface area (Å²) in [5, 5.41) is -7.19. The molecule has 0 N–H and O–H groups in total. The molecule has 0 radical (unpaired) electrons. The zero-order valence-corrected chi connectivity index (χ0v) is 18.4. The first-order chi connectivity index (χ1) is 14.2. The van der Waals surface area contributed by atoms with Crippen molar-refractivity contribution in [1.82, 2.24) is 4.31 Å². The summed E-state index contributed by atoms with van der Waals surface area (Å²) in [4.78, 5) is 0. The molecular formula is C15H22F13N2O2S+. The Bertz CT molecular complexity index is 779. The Balaban J connectivity index is 6.36. The van der Waals surface area contributed by atoms with E-state index in [2.05, 4.69) is 0 Å². The van der Waals surface area contributed by atoms with Crippen molar-refractivity contribution in [3.63, 3.8) is 0 Å². The van der Waals surface area contributed by atoms with Crippen molar-refractivity contribution in [3.8, 4) is 0 Å². The maximum atomic E-state index is 14.1. The molecule has 18 heteroatoms. The van der Waals surface area contributed by atoms with Crippen LogP contribution < -0.4 is 0 Å². The highest BCUT2D eigenvalue weighted by atomic mass is 32.2. The molecule has 0 atom stereocenters. The van der Waals surface area contributed by atoms with Gasteiger partial charge in [-0.1, -0.05) is 6.92 Å². The number of nitrogens with zero attached hydrogens (tertiary/aromatic N) is 2. The summed E-state index contributed by atoms with van der Waals surface area (Å²) in [6, 6.07) is 0. The van der Waals surface area contributed by atoms with E-state index in [9.17, 15) is 65.5 Å². The maximum absolute atomic E-state index is 14.1. The Morgan fingerprint density at radius 2 is 1.09 bits per heavy atom. The lowest BCUT2D eigenvalue weighted by molar-refractivity contribution is -0.888. The van der Waals surface area contributed by atoms with Crippen LogP contribution in [0, 0.1) is 0 Å². The van der Waals surface area contributed by atoms with Gasteiger partial charge in [0.05, 0.1) is 27.2 Å². The predicted molar refractivity (Wildman–Crippen MR) is 89.1 cm³/mol. The van der Waals surface area contributed by atoms with Gasteiger partial charge in [0, 0.05) is 19.5 Å². The highest BCUT2D eigenvalue weighted by Gasteiger charge is 2.92. The van der Waals surface area contributed by atoms with Gasteiger partial charge in [-0.15, -0.1) is 0 Å². The number of halogens is 13. The van der Waals surface area contributed by atoms with Gasteiger partial charge in [-0.3, -0.25) is 0 Å². The van der Waals surface area contributed by atoms with Crippen LogP contribution in [-0.2, 0) is 10.0 Å². The average Bonchev–Trinajstić information content (AvgIpc) is 2.63. The summed E-state index contributed by atoms with van der Waals surface area (Å²) >= 11 is 0. The van der Waals surface area contributed by atoms with Crippen molar-refractivity contribution >= 4 is 10.0 Å². The summed E-state index contributed by atoms with van der Waals surface area (Å²) in [6.07, 6.45) is -7.88. The molecule has 0 aromatic heterocycles. The molecule has 0 aliphatic rings. The number of quaternary nitrogens is 1. The predicted octanol–water partition coefficient (Wildman–Crippen LogP) is 4.82. The molecule has 0 saturated heterocycles. The summed E-state index contributed by atoms with van der Waals surface area (Å²) in [5.41, 5.74) is 0. The van der Waals surface area contributed by atoms with Crippen LogP contribution in [0.5, 0.6) is 0 Å². The van der Waals surface area contributed by atoms with Crippen molar-refractivity contribution in [1.29, 1.82) is 0 Å². The van der Waals surface area contributed by atoms with E-state index < -0.39 is 62.5 Å².